The molecule has 0 amide bonds. The topological polar surface area (TPSA) is 96.7 Å². The maximum absolute atomic E-state index is 12.6. The van der Waals surface area contributed by atoms with Gasteiger partial charge in [-0.2, -0.15) is 9.57 Å². The number of esters is 1. The highest BCUT2D eigenvalue weighted by Crippen LogP contribution is 2.20. The first-order chi connectivity index (χ1) is 12.9. The summed E-state index contributed by atoms with van der Waals surface area (Å²) >= 11 is 0. The van der Waals surface area contributed by atoms with Crippen LogP contribution in [0.1, 0.15) is 18.9 Å². The third-order valence-corrected chi connectivity index (χ3v) is 5.44. The van der Waals surface area contributed by atoms with Gasteiger partial charge in [0.25, 0.3) is 0 Å². The second-order valence-electron chi connectivity index (χ2n) is 5.66. The van der Waals surface area contributed by atoms with Gasteiger partial charge >= 0.3 is 5.97 Å². The summed E-state index contributed by atoms with van der Waals surface area (Å²) in [5.74, 6) is 0.203. The molecule has 0 N–H and O–H groups in total. The predicted molar refractivity (Wildman–Crippen MR) is 98.8 cm³/mol. The average Bonchev–Trinajstić information content (AvgIpc) is 2.67. The van der Waals surface area contributed by atoms with Crippen molar-refractivity contribution in [1.29, 1.82) is 5.26 Å². The third-order valence-electron chi connectivity index (χ3n) is 3.58. The lowest BCUT2D eigenvalue weighted by molar-refractivity contribution is -0.134. The van der Waals surface area contributed by atoms with Crippen LogP contribution in [0.25, 0.3) is 0 Å². The molecule has 2 aromatic carbocycles. The Bertz CT molecular complexity index is 933. The Labute approximate surface area is 158 Å². The molecule has 0 spiro atoms. The first kappa shape index (κ1) is 20.4. The Morgan fingerprint density at radius 2 is 1.74 bits per heavy atom. The summed E-state index contributed by atoms with van der Waals surface area (Å²) in [4.78, 5) is 11.9. The second-order valence-corrected chi connectivity index (χ2v) is 7.68. The molecule has 0 saturated carbocycles. The number of hydrogen-bond acceptors (Lipinski definition) is 6. The molecule has 0 fully saturated rings. The molecule has 27 heavy (non-hydrogen) atoms. The van der Waals surface area contributed by atoms with E-state index in [0.29, 0.717) is 12.4 Å². The number of carbonyl (C=O) groups is 1. The molecule has 2 rings (SSSR count). The number of carbonyl (C=O) groups excluding carboxylic acids is 1. The highest BCUT2D eigenvalue weighted by Gasteiger charge is 2.26. The Morgan fingerprint density at radius 3 is 2.37 bits per heavy atom. The lowest BCUT2D eigenvalue weighted by Crippen LogP contribution is -2.34. The number of nitrogens with zero attached hydrogens (tertiary/aromatic N) is 2. The smallest absolute Gasteiger partial charge is 0.326 e. The molecule has 0 aliphatic rings. The van der Waals surface area contributed by atoms with Crippen molar-refractivity contribution in [3.63, 3.8) is 0 Å². The Kier molecular flexibility index (Phi) is 6.93. The molecular formula is C19H20N2O5S. The van der Waals surface area contributed by atoms with E-state index in [2.05, 4.69) is 0 Å². The predicted octanol–water partition coefficient (Wildman–Crippen LogP) is 2.57. The highest BCUT2D eigenvalue weighted by atomic mass is 32.2. The summed E-state index contributed by atoms with van der Waals surface area (Å²) in [5.41, 5.74) is 0.0142. The first-order valence-electron chi connectivity index (χ1n) is 8.27. The van der Waals surface area contributed by atoms with Gasteiger partial charge in [-0.1, -0.05) is 19.1 Å². The molecule has 0 aliphatic carbocycles. The van der Waals surface area contributed by atoms with Crippen LogP contribution < -0.4 is 9.47 Å². The van der Waals surface area contributed by atoms with E-state index in [9.17, 15) is 13.2 Å². The zero-order chi connectivity index (χ0) is 19.9. The van der Waals surface area contributed by atoms with Gasteiger partial charge in [-0.25, -0.2) is 8.42 Å². The van der Waals surface area contributed by atoms with Crippen LogP contribution in [-0.4, -0.2) is 38.9 Å². The van der Waals surface area contributed by atoms with Crippen LogP contribution in [0.3, 0.4) is 0 Å². The number of ether oxygens (including phenoxy) is 2. The number of hydrogen-bond donors (Lipinski definition) is 0. The van der Waals surface area contributed by atoms with Crippen LogP contribution in [0.2, 0.25) is 0 Å². The fourth-order valence-electron chi connectivity index (χ4n) is 2.21. The van der Waals surface area contributed by atoms with E-state index < -0.39 is 22.5 Å². The molecule has 7 nitrogen and oxygen atoms in total. The van der Waals surface area contributed by atoms with Gasteiger partial charge in [-0.3, -0.25) is 4.79 Å². The van der Waals surface area contributed by atoms with Gasteiger partial charge in [-0.15, -0.1) is 0 Å². The van der Waals surface area contributed by atoms with Crippen LogP contribution in [0, 0.1) is 11.3 Å². The fourth-order valence-corrected chi connectivity index (χ4v) is 3.46. The quantitative estimate of drug-likeness (QED) is 0.509. The summed E-state index contributed by atoms with van der Waals surface area (Å²) in [6.07, 6.45) is 0.881. The molecule has 0 atom stereocenters. The number of benzene rings is 2. The van der Waals surface area contributed by atoms with E-state index in [1.807, 2.05) is 13.0 Å². The van der Waals surface area contributed by atoms with Gasteiger partial charge in [0, 0.05) is 7.05 Å². The third kappa shape index (κ3) is 5.29. The molecule has 0 saturated heterocycles. The van der Waals surface area contributed by atoms with Crippen LogP contribution in [-0.2, 0) is 14.8 Å². The normalized spacial score (nSPS) is 11.0. The van der Waals surface area contributed by atoms with Crippen molar-refractivity contribution in [2.24, 2.45) is 0 Å². The summed E-state index contributed by atoms with van der Waals surface area (Å²) in [6, 6.07) is 14.1. The SMILES string of the molecule is CCCOc1ccc(OC(=O)CN(C)S(=O)(=O)c2ccccc2C#N)cc1. The van der Waals surface area contributed by atoms with Gasteiger partial charge in [0.05, 0.1) is 17.1 Å². The van der Waals surface area contributed by atoms with E-state index in [-0.39, 0.29) is 16.2 Å². The lowest BCUT2D eigenvalue weighted by Gasteiger charge is -2.17. The maximum atomic E-state index is 12.6. The van der Waals surface area contributed by atoms with E-state index in [1.165, 1.54) is 25.2 Å². The van der Waals surface area contributed by atoms with E-state index in [1.54, 1.807) is 30.3 Å². The van der Waals surface area contributed by atoms with Crippen molar-refractivity contribution in [2.75, 3.05) is 20.2 Å². The van der Waals surface area contributed by atoms with Crippen molar-refractivity contribution < 1.29 is 22.7 Å². The number of likely N-dealkylation sites (N-methyl/N-ethyl adjacent to an activating group) is 1. The largest absolute Gasteiger partial charge is 0.494 e. The molecule has 0 aliphatic heterocycles. The first-order valence-corrected chi connectivity index (χ1v) is 9.71. The molecule has 0 heterocycles. The van der Waals surface area contributed by atoms with Gasteiger partial charge in [0.15, 0.2) is 0 Å². The molecule has 0 bridgehead atoms. The molecule has 2 aromatic rings. The van der Waals surface area contributed by atoms with Crippen molar-refractivity contribution in [3.05, 3.63) is 54.1 Å². The zero-order valence-corrected chi connectivity index (χ0v) is 15.9. The molecule has 0 unspecified atom stereocenters. The Hall–Kier alpha value is -2.89. The Balaban J connectivity index is 2.03. The van der Waals surface area contributed by atoms with Gasteiger partial charge in [0.1, 0.15) is 24.1 Å². The summed E-state index contributed by atoms with van der Waals surface area (Å²) < 4.78 is 36.6. The van der Waals surface area contributed by atoms with Crippen LogP contribution in [0.4, 0.5) is 0 Å². The molecular weight excluding hydrogens is 368 g/mol. The number of rotatable bonds is 8. The maximum Gasteiger partial charge on any atom is 0.326 e. The van der Waals surface area contributed by atoms with Gasteiger partial charge in [-0.05, 0) is 42.8 Å². The average molecular weight is 388 g/mol. The minimum absolute atomic E-state index is 0.0142. The number of nitriles is 1. The summed E-state index contributed by atoms with van der Waals surface area (Å²) in [5, 5.41) is 9.08. The minimum Gasteiger partial charge on any atom is -0.494 e. The fraction of sp³-hybridized carbons (Fsp3) is 0.263. The van der Waals surface area contributed by atoms with E-state index in [4.69, 9.17) is 14.7 Å². The van der Waals surface area contributed by atoms with Gasteiger partial charge in [0.2, 0.25) is 10.0 Å². The molecule has 0 radical (unpaired) electrons. The van der Waals surface area contributed by atoms with Crippen molar-refractivity contribution in [2.45, 2.75) is 18.2 Å². The highest BCUT2D eigenvalue weighted by molar-refractivity contribution is 7.89. The van der Waals surface area contributed by atoms with Crippen molar-refractivity contribution in [1.82, 2.24) is 4.31 Å². The van der Waals surface area contributed by atoms with Crippen molar-refractivity contribution in [3.8, 4) is 17.6 Å². The van der Waals surface area contributed by atoms with Crippen molar-refractivity contribution >= 4 is 16.0 Å². The van der Waals surface area contributed by atoms with E-state index >= 15 is 0 Å². The molecule has 8 heteroatoms. The summed E-state index contributed by atoms with van der Waals surface area (Å²) in [6.45, 7) is 2.10. The Morgan fingerprint density at radius 1 is 1.11 bits per heavy atom. The molecule has 142 valence electrons. The lowest BCUT2D eigenvalue weighted by atomic mass is 10.2. The molecule has 0 aromatic heterocycles. The van der Waals surface area contributed by atoms with Crippen LogP contribution in [0.5, 0.6) is 11.5 Å². The van der Waals surface area contributed by atoms with Crippen LogP contribution in [0.15, 0.2) is 53.4 Å². The zero-order valence-electron chi connectivity index (χ0n) is 15.1. The second kappa shape index (κ2) is 9.16. The summed E-state index contributed by atoms with van der Waals surface area (Å²) in [7, 11) is -2.74. The standard InChI is InChI=1S/C19H20N2O5S/c1-3-12-25-16-8-10-17(11-9-16)26-19(22)14-21(2)27(23,24)18-7-5-4-6-15(18)13-20/h4-11H,3,12,14H2,1-2H3. The monoisotopic (exact) mass is 388 g/mol. The number of sulfonamides is 1. The van der Waals surface area contributed by atoms with E-state index in [0.717, 1.165) is 10.7 Å². The minimum atomic E-state index is -4.00. The van der Waals surface area contributed by atoms with Gasteiger partial charge < -0.3 is 9.47 Å². The van der Waals surface area contributed by atoms with Crippen LogP contribution >= 0.6 is 0 Å².